The number of benzene rings is 2. The van der Waals surface area contributed by atoms with Crippen LogP contribution in [-0.4, -0.2) is 38.2 Å². The van der Waals surface area contributed by atoms with Crippen molar-refractivity contribution >= 4 is 11.4 Å². The van der Waals surface area contributed by atoms with Crippen LogP contribution in [-0.2, 0) is 0 Å². The lowest BCUT2D eigenvalue weighted by atomic mass is 10.1. The van der Waals surface area contributed by atoms with Crippen molar-refractivity contribution in [3.63, 3.8) is 0 Å². The molecular formula is C20H20FN3O. The summed E-state index contributed by atoms with van der Waals surface area (Å²) in [5, 5.41) is 9.13. The van der Waals surface area contributed by atoms with E-state index in [1.807, 2.05) is 18.2 Å². The summed E-state index contributed by atoms with van der Waals surface area (Å²) >= 11 is 0. The van der Waals surface area contributed by atoms with E-state index < -0.39 is 0 Å². The molecule has 0 spiro atoms. The monoisotopic (exact) mass is 337 g/mol. The highest BCUT2D eigenvalue weighted by molar-refractivity contribution is 5.67. The third kappa shape index (κ3) is 3.74. The first-order valence-electron chi connectivity index (χ1n) is 8.21. The smallest absolute Gasteiger partial charge is 0.142 e. The molecule has 0 N–H and O–H groups in total. The van der Waals surface area contributed by atoms with Gasteiger partial charge in [-0.05, 0) is 42.0 Å². The summed E-state index contributed by atoms with van der Waals surface area (Å²) in [4.78, 5) is 4.45. The van der Waals surface area contributed by atoms with Gasteiger partial charge >= 0.3 is 0 Å². The Balaban J connectivity index is 1.75. The van der Waals surface area contributed by atoms with Gasteiger partial charge in [-0.1, -0.05) is 12.1 Å². The van der Waals surface area contributed by atoms with Crippen molar-refractivity contribution in [2.45, 2.75) is 0 Å². The molecule has 0 unspecified atom stereocenters. The van der Waals surface area contributed by atoms with Crippen LogP contribution in [0.25, 0.3) is 5.70 Å². The maximum absolute atomic E-state index is 13.2. The van der Waals surface area contributed by atoms with Gasteiger partial charge in [0, 0.05) is 32.3 Å². The van der Waals surface area contributed by atoms with Crippen molar-refractivity contribution in [2.75, 3.05) is 38.2 Å². The number of piperazine rings is 1. The number of hydrogen-bond acceptors (Lipinski definition) is 4. The molecule has 3 rings (SSSR count). The quantitative estimate of drug-likeness (QED) is 0.800. The lowest BCUT2D eigenvalue weighted by molar-refractivity contribution is 0.362. The molecule has 0 amide bonds. The normalized spacial score (nSPS) is 15.0. The summed E-state index contributed by atoms with van der Waals surface area (Å²) < 4.78 is 18.6. The van der Waals surface area contributed by atoms with E-state index in [0.29, 0.717) is 0 Å². The molecular weight excluding hydrogens is 317 g/mol. The molecule has 2 aromatic carbocycles. The fourth-order valence-electron chi connectivity index (χ4n) is 3.12. The van der Waals surface area contributed by atoms with Gasteiger partial charge in [-0.2, -0.15) is 5.26 Å². The predicted molar refractivity (Wildman–Crippen MR) is 96.8 cm³/mol. The molecule has 5 heteroatoms. The number of anilines is 1. The molecule has 0 aromatic heterocycles. The van der Waals surface area contributed by atoms with Gasteiger partial charge in [-0.25, -0.2) is 4.39 Å². The Hall–Kier alpha value is -3.00. The minimum Gasteiger partial charge on any atom is -0.495 e. The van der Waals surface area contributed by atoms with Crippen molar-refractivity contribution < 1.29 is 9.13 Å². The van der Waals surface area contributed by atoms with Gasteiger partial charge in [0.25, 0.3) is 0 Å². The summed E-state index contributed by atoms with van der Waals surface area (Å²) in [5.41, 5.74) is 2.77. The lowest BCUT2D eigenvalue weighted by Gasteiger charge is -2.38. The summed E-state index contributed by atoms with van der Waals surface area (Å²) in [7, 11) is 1.68. The lowest BCUT2D eigenvalue weighted by Crippen LogP contribution is -2.45. The molecule has 1 heterocycles. The highest BCUT2D eigenvalue weighted by Gasteiger charge is 2.21. The first-order valence-corrected chi connectivity index (χ1v) is 8.21. The average Bonchev–Trinajstić information content (AvgIpc) is 2.67. The molecule has 1 saturated heterocycles. The topological polar surface area (TPSA) is 39.5 Å². The van der Waals surface area contributed by atoms with Gasteiger partial charge in [-0.15, -0.1) is 0 Å². The summed E-state index contributed by atoms with van der Waals surface area (Å²) in [6.07, 6.45) is 1.53. The second-order valence-electron chi connectivity index (χ2n) is 5.81. The zero-order valence-corrected chi connectivity index (χ0v) is 14.2. The zero-order chi connectivity index (χ0) is 17.6. The van der Waals surface area contributed by atoms with Crippen LogP contribution < -0.4 is 9.64 Å². The van der Waals surface area contributed by atoms with Crippen LogP contribution in [0, 0.1) is 17.1 Å². The second kappa shape index (κ2) is 7.71. The summed E-state index contributed by atoms with van der Waals surface area (Å²) in [6.45, 7) is 3.21. The van der Waals surface area contributed by atoms with Gasteiger partial charge in [0.05, 0.1) is 24.6 Å². The van der Waals surface area contributed by atoms with Crippen molar-refractivity contribution in [1.82, 2.24) is 4.90 Å². The molecule has 0 atom stereocenters. The number of rotatable bonds is 4. The maximum Gasteiger partial charge on any atom is 0.142 e. The van der Waals surface area contributed by atoms with Crippen molar-refractivity contribution in [3.05, 3.63) is 66.0 Å². The Kier molecular flexibility index (Phi) is 5.20. The van der Waals surface area contributed by atoms with Crippen LogP contribution in [0.5, 0.6) is 5.75 Å². The Bertz CT molecular complexity index is 787. The van der Waals surface area contributed by atoms with Gasteiger partial charge in [0.15, 0.2) is 0 Å². The maximum atomic E-state index is 13.2. The standard InChI is InChI=1S/C20H20FN3O/c1-25-20-5-3-2-4-19(20)24-14-12-23(13-15-24)18(10-11-22)16-6-8-17(21)9-7-16/h2-10H,12-15H2,1H3/b18-10+. The van der Waals surface area contributed by atoms with Gasteiger partial charge in [0.2, 0.25) is 0 Å². The Morgan fingerprint density at radius 1 is 1.08 bits per heavy atom. The van der Waals surface area contributed by atoms with E-state index in [4.69, 9.17) is 10.00 Å². The van der Waals surface area contributed by atoms with Gasteiger partial charge < -0.3 is 14.5 Å². The Morgan fingerprint density at radius 3 is 2.40 bits per heavy atom. The molecule has 2 aromatic rings. The van der Waals surface area contributed by atoms with E-state index >= 15 is 0 Å². The molecule has 128 valence electrons. The predicted octanol–water partition coefficient (Wildman–Crippen LogP) is 3.52. The summed E-state index contributed by atoms with van der Waals surface area (Å²) in [6, 6.07) is 16.4. The molecule has 1 fully saturated rings. The van der Waals surface area contributed by atoms with Crippen LogP contribution in [0.2, 0.25) is 0 Å². The third-order valence-electron chi connectivity index (χ3n) is 4.39. The molecule has 25 heavy (non-hydrogen) atoms. The van der Waals surface area contributed by atoms with E-state index in [1.165, 1.54) is 18.2 Å². The van der Waals surface area contributed by atoms with Crippen molar-refractivity contribution in [3.8, 4) is 11.8 Å². The minimum atomic E-state index is -0.277. The van der Waals surface area contributed by atoms with Crippen molar-refractivity contribution in [1.29, 1.82) is 5.26 Å². The van der Waals surface area contributed by atoms with Gasteiger partial charge in [0.1, 0.15) is 11.6 Å². The molecule has 0 radical (unpaired) electrons. The molecule has 1 aliphatic rings. The largest absolute Gasteiger partial charge is 0.495 e. The van der Waals surface area contributed by atoms with E-state index in [9.17, 15) is 4.39 Å². The third-order valence-corrected chi connectivity index (χ3v) is 4.39. The van der Waals surface area contributed by atoms with Crippen LogP contribution in [0.4, 0.5) is 10.1 Å². The summed E-state index contributed by atoms with van der Waals surface area (Å²) in [5.74, 6) is 0.586. The van der Waals surface area contributed by atoms with Crippen LogP contribution in [0.15, 0.2) is 54.6 Å². The van der Waals surface area contributed by atoms with Crippen molar-refractivity contribution in [2.24, 2.45) is 0 Å². The SMILES string of the molecule is COc1ccccc1N1CCN(/C(=C/C#N)c2ccc(F)cc2)CC1. The van der Waals surface area contributed by atoms with E-state index in [0.717, 1.165) is 48.9 Å². The van der Waals surface area contributed by atoms with Crippen LogP contribution in [0.1, 0.15) is 5.56 Å². The second-order valence-corrected chi connectivity index (χ2v) is 5.81. The number of halogens is 1. The number of hydrogen-bond donors (Lipinski definition) is 0. The highest BCUT2D eigenvalue weighted by Crippen LogP contribution is 2.30. The number of allylic oxidation sites excluding steroid dienone is 1. The fourth-order valence-corrected chi connectivity index (χ4v) is 3.12. The minimum absolute atomic E-state index is 0.277. The average molecular weight is 337 g/mol. The molecule has 1 aliphatic heterocycles. The van der Waals surface area contributed by atoms with Crippen LogP contribution in [0.3, 0.4) is 0 Å². The number of para-hydroxylation sites is 2. The number of methoxy groups -OCH3 is 1. The number of nitrogens with zero attached hydrogens (tertiary/aromatic N) is 3. The Labute approximate surface area is 147 Å². The molecule has 0 bridgehead atoms. The Morgan fingerprint density at radius 2 is 1.76 bits per heavy atom. The molecule has 0 aliphatic carbocycles. The fraction of sp³-hybridized carbons (Fsp3) is 0.250. The number of nitriles is 1. The first-order chi connectivity index (χ1) is 12.2. The number of ether oxygens (including phenoxy) is 1. The molecule has 4 nitrogen and oxygen atoms in total. The zero-order valence-electron chi connectivity index (χ0n) is 14.2. The molecule has 0 saturated carbocycles. The van der Waals surface area contributed by atoms with E-state index in [-0.39, 0.29) is 5.82 Å². The van der Waals surface area contributed by atoms with E-state index in [2.05, 4.69) is 21.9 Å². The first kappa shape index (κ1) is 16.8. The van der Waals surface area contributed by atoms with E-state index in [1.54, 1.807) is 19.2 Å². The van der Waals surface area contributed by atoms with Crippen LogP contribution >= 0.6 is 0 Å². The highest BCUT2D eigenvalue weighted by atomic mass is 19.1. The van der Waals surface area contributed by atoms with Gasteiger partial charge in [-0.3, -0.25) is 0 Å².